The molecule has 2 rings (SSSR count). The maximum atomic E-state index is 12.5. The molecule has 0 saturated carbocycles. The fraction of sp³-hybridized carbons (Fsp3) is 0.235. The Morgan fingerprint density at radius 1 is 0.909 bits per heavy atom. The van der Waals surface area contributed by atoms with Crippen molar-refractivity contribution in [3.8, 4) is 17.2 Å². The molecule has 0 unspecified atom stereocenters. The van der Waals surface area contributed by atoms with Crippen LogP contribution >= 0.6 is 0 Å². The van der Waals surface area contributed by atoms with Crippen LogP contribution in [0.4, 0.5) is 5.69 Å². The highest BCUT2D eigenvalue weighted by Gasteiger charge is 2.19. The van der Waals surface area contributed by atoms with Crippen LogP contribution in [-0.4, -0.2) is 27.2 Å². The molecule has 0 aliphatic heterocycles. The molecule has 0 aliphatic carbocycles. The van der Waals surface area contributed by atoms with Crippen molar-refractivity contribution in [1.82, 2.24) is 0 Å². The molecule has 2 aromatic carbocycles. The molecule has 1 amide bonds. The topological polar surface area (TPSA) is 56.8 Å². The lowest BCUT2D eigenvalue weighted by atomic mass is 10.1. The van der Waals surface area contributed by atoms with E-state index in [0.29, 0.717) is 28.5 Å². The zero-order valence-electron chi connectivity index (χ0n) is 13.1. The van der Waals surface area contributed by atoms with Gasteiger partial charge in [-0.15, -0.1) is 0 Å². The predicted octanol–water partition coefficient (Wildman–Crippen LogP) is 3.27. The van der Waals surface area contributed by atoms with E-state index in [4.69, 9.17) is 14.2 Å². The Morgan fingerprint density at radius 3 is 2.23 bits per heavy atom. The number of methoxy groups -OCH3 is 3. The lowest BCUT2D eigenvalue weighted by Gasteiger charge is -2.15. The molecule has 1 N–H and O–H groups in total. The number of nitrogens with one attached hydrogen (secondary N) is 1. The third-order valence-electron chi connectivity index (χ3n) is 3.32. The molecular weight excluding hydrogens is 282 g/mol. The minimum Gasteiger partial charge on any atom is -0.495 e. The fourth-order valence-corrected chi connectivity index (χ4v) is 2.23. The summed E-state index contributed by atoms with van der Waals surface area (Å²) < 4.78 is 15.9. The summed E-state index contributed by atoms with van der Waals surface area (Å²) in [5.41, 5.74) is 1.89. The van der Waals surface area contributed by atoms with Gasteiger partial charge in [0.05, 0.1) is 32.6 Å². The number of hydrogen-bond acceptors (Lipinski definition) is 4. The van der Waals surface area contributed by atoms with Crippen molar-refractivity contribution in [2.45, 2.75) is 6.92 Å². The molecule has 116 valence electrons. The second-order valence-corrected chi connectivity index (χ2v) is 4.65. The summed E-state index contributed by atoms with van der Waals surface area (Å²) in [4.78, 5) is 12.5. The Hall–Kier alpha value is -2.69. The Labute approximate surface area is 129 Å². The fourth-order valence-electron chi connectivity index (χ4n) is 2.23. The second-order valence-electron chi connectivity index (χ2n) is 4.65. The van der Waals surface area contributed by atoms with E-state index >= 15 is 0 Å². The zero-order chi connectivity index (χ0) is 16.1. The van der Waals surface area contributed by atoms with Crippen LogP contribution in [0.25, 0.3) is 0 Å². The monoisotopic (exact) mass is 301 g/mol. The Balaban J connectivity index is 2.38. The highest BCUT2D eigenvalue weighted by atomic mass is 16.5. The summed E-state index contributed by atoms with van der Waals surface area (Å²) in [7, 11) is 4.62. The lowest BCUT2D eigenvalue weighted by molar-refractivity contribution is 0.102. The van der Waals surface area contributed by atoms with Crippen molar-refractivity contribution in [3.63, 3.8) is 0 Å². The maximum absolute atomic E-state index is 12.5. The van der Waals surface area contributed by atoms with Gasteiger partial charge < -0.3 is 19.5 Å². The van der Waals surface area contributed by atoms with E-state index in [1.807, 2.05) is 25.1 Å². The number of anilines is 1. The number of ether oxygens (including phenoxy) is 3. The summed E-state index contributed by atoms with van der Waals surface area (Å²) in [5.74, 6) is 1.26. The number of para-hydroxylation sites is 2. The van der Waals surface area contributed by atoms with Gasteiger partial charge in [-0.2, -0.15) is 0 Å². The minimum atomic E-state index is -0.292. The van der Waals surface area contributed by atoms with Gasteiger partial charge in [-0.25, -0.2) is 0 Å². The largest absolute Gasteiger partial charge is 0.495 e. The zero-order valence-corrected chi connectivity index (χ0v) is 13.1. The van der Waals surface area contributed by atoms with E-state index < -0.39 is 0 Å². The molecule has 0 spiro atoms. The van der Waals surface area contributed by atoms with Gasteiger partial charge in [0.2, 0.25) is 0 Å². The molecule has 0 atom stereocenters. The van der Waals surface area contributed by atoms with Crippen LogP contribution in [0.15, 0.2) is 36.4 Å². The van der Waals surface area contributed by atoms with Crippen LogP contribution in [0.5, 0.6) is 17.2 Å². The van der Waals surface area contributed by atoms with Gasteiger partial charge in [0, 0.05) is 0 Å². The van der Waals surface area contributed by atoms with Crippen LogP contribution in [0.3, 0.4) is 0 Å². The second kappa shape index (κ2) is 6.85. The highest BCUT2D eigenvalue weighted by Crippen LogP contribution is 2.35. The van der Waals surface area contributed by atoms with Crippen molar-refractivity contribution in [1.29, 1.82) is 0 Å². The molecule has 0 fully saturated rings. The Bertz CT molecular complexity index is 682. The van der Waals surface area contributed by atoms with Crippen molar-refractivity contribution in [2.75, 3.05) is 26.6 Å². The first kappa shape index (κ1) is 15.7. The number of carbonyl (C=O) groups excluding carboxylic acids is 1. The molecule has 0 bridgehead atoms. The molecule has 5 heteroatoms. The van der Waals surface area contributed by atoms with Gasteiger partial charge in [-0.1, -0.05) is 18.2 Å². The van der Waals surface area contributed by atoms with Crippen LogP contribution in [0.2, 0.25) is 0 Å². The minimum absolute atomic E-state index is 0.292. The summed E-state index contributed by atoms with van der Waals surface area (Å²) in [6.45, 7) is 1.89. The molecule has 22 heavy (non-hydrogen) atoms. The van der Waals surface area contributed by atoms with Crippen LogP contribution < -0.4 is 19.5 Å². The first-order chi connectivity index (χ1) is 10.6. The summed E-state index contributed by atoms with van der Waals surface area (Å²) in [6.07, 6.45) is 0. The highest BCUT2D eigenvalue weighted by molar-refractivity contribution is 6.07. The molecule has 5 nitrogen and oxygen atoms in total. The molecule has 0 heterocycles. The number of carbonyl (C=O) groups is 1. The Kier molecular flexibility index (Phi) is 4.88. The summed E-state index contributed by atoms with van der Waals surface area (Å²) in [6, 6.07) is 10.7. The van der Waals surface area contributed by atoms with E-state index in [1.54, 1.807) is 32.4 Å². The van der Waals surface area contributed by atoms with Gasteiger partial charge in [0.25, 0.3) is 5.91 Å². The molecule has 0 aliphatic rings. The van der Waals surface area contributed by atoms with E-state index in [9.17, 15) is 4.79 Å². The maximum Gasteiger partial charge on any atom is 0.259 e. The van der Waals surface area contributed by atoms with E-state index in [1.165, 1.54) is 7.11 Å². The average molecular weight is 301 g/mol. The van der Waals surface area contributed by atoms with Gasteiger partial charge in [-0.3, -0.25) is 4.79 Å². The van der Waals surface area contributed by atoms with Crippen molar-refractivity contribution < 1.29 is 19.0 Å². The van der Waals surface area contributed by atoms with Crippen LogP contribution in [-0.2, 0) is 0 Å². The number of aryl methyl sites for hydroxylation is 1. The predicted molar refractivity (Wildman–Crippen MR) is 85.2 cm³/mol. The first-order valence-electron chi connectivity index (χ1n) is 6.78. The SMILES string of the molecule is COc1ccccc1NC(=O)c1ccc(C)c(OC)c1OC. The van der Waals surface area contributed by atoms with Crippen molar-refractivity contribution >= 4 is 11.6 Å². The van der Waals surface area contributed by atoms with Gasteiger partial charge in [0.15, 0.2) is 11.5 Å². The lowest BCUT2D eigenvalue weighted by Crippen LogP contribution is -2.14. The van der Waals surface area contributed by atoms with Crippen LogP contribution in [0, 0.1) is 6.92 Å². The number of hydrogen-bond donors (Lipinski definition) is 1. The molecule has 2 aromatic rings. The van der Waals surface area contributed by atoms with Crippen molar-refractivity contribution in [3.05, 3.63) is 47.5 Å². The van der Waals surface area contributed by atoms with E-state index in [2.05, 4.69) is 5.32 Å². The average Bonchev–Trinajstić information content (AvgIpc) is 2.54. The standard InChI is InChI=1S/C17H19NO4/c1-11-9-10-12(16(22-4)15(11)21-3)17(19)18-13-7-5-6-8-14(13)20-2/h5-10H,1-4H3,(H,18,19). The van der Waals surface area contributed by atoms with Gasteiger partial charge in [0.1, 0.15) is 5.75 Å². The third-order valence-corrected chi connectivity index (χ3v) is 3.32. The molecule has 0 radical (unpaired) electrons. The van der Waals surface area contributed by atoms with E-state index in [-0.39, 0.29) is 5.91 Å². The third kappa shape index (κ3) is 2.98. The molecule has 0 aromatic heterocycles. The summed E-state index contributed by atoms with van der Waals surface area (Å²) >= 11 is 0. The summed E-state index contributed by atoms with van der Waals surface area (Å²) in [5, 5.41) is 2.82. The van der Waals surface area contributed by atoms with E-state index in [0.717, 1.165) is 5.56 Å². The quantitative estimate of drug-likeness (QED) is 0.921. The Morgan fingerprint density at radius 2 is 1.59 bits per heavy atom. The first-order valence-corrected chi connectivity index (χ1v) is 6.78. The number of rotatable bonds is 5. The molecule has 0 saturated heterocycles. The van der Waals surface area contributed by atoms with Crippen molar-refractivity contribution in [2.24, 2.45) is 0 Å². The number of benzene rings is 2. The molecular formula is C17H19NO4. The van der Waals surface area contributed by atoms with Gasteiger partial charge in [-0.05, 0) is 30.7 Å². The number of amides is 1. The van der Waals surface area contributed by atoms with Crippen LogP contribution in [0.1, 0.15) is 15.9 Å². The normalized spacial score (nSPS) is 10.0. The smallest absolute Gasteiger partial charge is 0.259 e. The van der Waals surface area contributed by atoms with Gasteiger partial charge >= 0.3 is 0 Å².